The number of hydrogen-bond donors (Lipinski definition) is 5. The molecule has 3 amide bonds. The molecule has 0 spiro atoms. The topological polar surface area (TPSA) is 204 Å². The standard InChI is InChI=1S/C23H29N7O6/c1-15(27-23(33)36-14-16-6-3-2-4-7-16)20(31)29-19(8-5-13-26-22(24)25)21(32)28-17-9-11-18(12-10-17)30(34)35/h2-4,6-7,9-12,15,19H,5,8,13-14H2,1H3,(H,27,33)(H,28,32)(H,29,31)(H4,24,25,26). The molecule has 2 unspecified atom stereocenters. The molecule has 13 heteroatoms. The van der Waals surface area contributed by atoms with Crippen molar-refractivity contribution in [3.8, 4) is 0 Å². The first-order chi connectivity index (χ1) is 17.2. The molecule has 0 aromatic heterocycles. The van der Waals surface area contributed by atoms with Gasteiger partial charge in [-0.3, -0.25) is 24.7 Å². The Morgan fingerprint density at radius 1 is 1.03 bits per heavy atom. The second-order valence-corrected chi connectivity index (χ2v) is 7.73. The van der Waals surface area contributed by atoms with Gasteiger partial charge in [-0.1, -0.05) is 30.3 Å². The third-order valence-electron chi connectivity index (χ3n) is 4.86. The first-order valence-electron chi connectivity index (χ1n) is 11.0. The van der Waals surface area contributed by atoms with E-state index in [0.29, 0.717) is 12.1 Å². The quantitative estimate of drug-likeness (QED) is 0.0946. The number of rotatable bonds is 12. The van der Waals surface area contributed by atoms with Gasteiger partial charge in [0.1, 0.15) is 18.7 Å². The van der Waals surface area contributed by atoms with Gasteiger partial charge in [-0.15, -0.1) is 0 Å². The van der Waals surface area contributed by atoms with E-state index in [4.69, 9.17) is 16.2 Å². The Bertz CT molecular complexity index is 1070. The van der Waals surface area contributed by atoms with Gasteiger partial charge < -0.3 is 32.2 Å². The number of hydrogen-bond acceptors (Lipinski definition) is 7. The summed E-state index contributed by atoms with van der Waals surface area (Å²) in [7, 11) is 0. The lowest BCUT2D eigenvalue weighted by molar-refractivity contribution is -0.384. The van der Waals surface area contributed by atoms with Crippen LogP contribution in [-0.2, 0) is 20.9 Å². The Kier molecular flexibility index (Phi) is 10.6. The molecular weight excluding hydrogens is 470 g/mol. The summed E-state index contributed by atoms with van der Waals surface area (Å²) in [6.07, 6.45) is -0.231. The van der Waals surface area contributed by atoms with Crippen molar-refractivity contribution < 1.29 is 24.0 Å². The Labute approximate surface area is 207 Å². The third kappa shape index (κ3) is 9.67. The monoisotopic (exact) mass is 499 g/mol. The molecule has 2 aromatic rings. The average Bonchev–Trinajstić information content (AvgIpc) is 2.85. The van der Waals surface area contributed by atoms with Crippen LogP contribution in [0.25, 0.3) is 0 Å². The molecule has 2 rings (SSSR count). The number of anilines is 1. The van der Waals surface area contributed by atoms with Crippen LogP contribution in [0.5, 0.6) is 0 Å². The lowest BCUT2D eigenvalue weighted by Gasteiger charge is -2.21. The third-order valence-corrected chi connectivity index (χ3v) is 4.86. The fraction of sp³-hybridized carbons (Fsp3) is 0.304. The molecule has 0 aliphatic carbocycles. The fourth-order valence-electron chi connectivity index (χ4n) is 2.97. The maximum absolute atomic E-state index is 12.8. The van der Waals surface area contributed by atoms with Gasteiger partial charge in [0.05, 0.1) is 4.92 Å². The van der Waals surface area contributed by atoms with Gasteiger partial charge in [0.2, 0.25) is 11.8 Å². The molecule has 192 valence electrons. The highest BCUT2D eigenvalue weighted by molar-refractivity contribution is 5.98. The van der Waals surface area contributed by atoms with Crippen LogP contribution in [0.4, 0.5) is 16.2 Å². The summed E-state index contributed by atoms with van der Waals surface area (Å²) in [5, 5.41) is 18.4. The van der Waals surface area contributed by atoms with Crippen molar-refractivity contribution in [3.05, 3.63) is 70.3 Å². The predicted octanol–water partition coefficient (Wildman–Crippen LogP) is 1.39. The van der Waals surface area contributed by atoms with E-state index < -0.39 is 34.9 Å². The number of nitrogens with zero attached hydrogens (tertiary/aromatic N) is 2. The molecule has 0 bridgehead atoms. The minimum Gasteiger partial charge on any atom is -0.445 e. The highest BCUT2D eigenvalue weighted by atomic mass is 16.6. The molecule has 0 aliphatic rings. The van der Waals surface area contributed by atoms with Gasteiger partial charge in [0.15, 0.2) is 5.96 Å². The predicted molar refractivity (Wildman–Crippen MR) is 133 cm³/mol. The van der Waals surface area contributed by atoms with Crippen molar-refractivity contribution in [2.75, 3.05) is 11.9 Å². The van der Waals surface area contributed by atoms with Crippen LogP contribution in [0.1, 0.15) is 25.3 Å². The number of benzene rings is 2. The number of nitrogens with one attached hydrogen (secondary N) is 3. The molecule has 36 heavy (non-hydrogen) atoms. The van der Waals surface area contributed by atoms with Crippen molar-refractivity contribution in [1.82, 2.24) is 10.6 Å². The molecule has 13 nitrogen and oxygen atoms in total. The van der Waals surface area contributed by atoms with E-state index >= 15 is 0 Å². The highest BCUT2D eigenvalue weighted by Crippen LogP contribution is 2.16. The maximum atomic E-state index is 12.8. The Balaban J connectivity index is 1.96. The molecule has 0 aliphatic heterocycles. The number of nitro benzene ring substituents is 1. The van der Waals surface area contributed by atoms with E-state index in [1.807, 2.05) is 18.2 Å². The summed E-state index contributed by atoms with van der Waals surface area (Å²) < 4.78 is 5.11. The Morgan fingerprint density at radius 2 is 1.69 bits per heavy atom. The van der Waals surface area contributed by atoms with Gasteiger partial charge in [0.25, 0.3) is 5.69 Å². The van der Waals surface area contributed by atoms with Gasteiger partial charge >= 0.3 is 6.09 Å². The second-order valence-electron chi connectivity index (χ2n) is 7.73. The molecule has 2 aromatic carbocycles. The number of alkyl carbamates (subject to hydrolysis) is 1. The van der Waals surface area contributed by atoms with E-state index in [2.05, 4.69) is 20.9 Å². The normalized spacial score (nSPS) is 11.9. The molecule has 0 saturated heterocycles. The number of amides is 3. The largest absolute Gasteiger partial charge is 0.445 e. The number of ether oxygens (including phenoxy) is 1. The maximum Gasteiger partial charge on any atom is 0.408 e. The first-order valence-corrected chi connectivity index (χ1v) is 11.0. The van der Waals surface area contributed by atoms with E-state index in [0.717, 1.165) is 5.56 Å². The van der Waals surface area contributed by atoms with Crippen LogP contribution in [-0.4, -0.2) is 47.4 Å². The summed E-state index contributed by atoms with van der Waals surface area (Å²) in [5.41, 5.74) is 11.6. The number of guanidine groups is 1. The van der Waals surface area contributed by atoms with Crippen molar-refractivity contribution in [2.24, 2.45) is 16.5 Å². The smallest absolute Gasteiger partial charge is 0.408 e. The summed E-state index contributed by atoms with van der Waals surface area (Å²) in [6, 6.07) is 12.3. The van der Waals surface area contributed by atoms with Gasteiger partial charge in [0, 0.05) is 24.4 Å². The SMILES string of the molecule is CC(NC(=O)OCc1ccccc1)C(=O)NC(CCCN=C(N)N)C(=O)Nc1ccc([N+](=O)[O-])cc1. The molecule has 0 saturated carbocycles. The summed E-state index contributed by atoms with van der Waals surface area (Å²) >= 11 is 0. The zero-order chi connectivity index (χ0) is 26.5. The van der Waals surface area contributed by atoms with Crippen LogP contribution < -0.4 is 27.4 Å². The summed E-state index contributed by atoms with van der Waals surface area (Å²) in [4.78, 5) is 51.7. The summed E-state index contributed by atoms with van der Waals surface area (Å²) in [6.45, 7) is 1.72. The average molecular weight is 500 g/mol. The van der Waals surface area contributed by atoms with E-state index in [1.165, 1.54) is 31.2 Å². The zero-order valence-electron chi connectivity index (χ0n) is 19.7. The van der Waals surface area contributed by atoms with Crippen molar-refractivity contribution in [2.45, 2.75) is 38.5 Å². The molecule has 0 radical (unpaired) electrons. The molecule has 0 heterocycles. The van der Waals surface area contributed by atoms with Crippen LogP contribution in [0.3, 0.4) is 0 Å². The number of aliphatic imine (C=N–C) groups is 1. The fourth-order valence-corrected chi connectivity index (χ4v) is 2.97. The van der Waals surface area contributed by atoms with Gasteiger partial charge in [-0.25, -0.2) is 4.79 Å². The Morgan fingerprint density at radius 3 is 2.31 bits per heavy atom. The highest BCUT2D eigenvalue weighted by Gasteiger charge is 2.25. The summed E-state index contributed by atoms with van der Waals surface area (Å²) in [5.74, 6) is -1.27. The van der Waals surface area contributed by atoms with Crippen molar-refractivity contribution in [1.29, 1.82) is 0 Å². The molecule has 2 atom stereocenters. The van der Waals surface area contributed by atoms with E-state index in [9.17, 15) is 24.5 Å². The number of nitrogens with two attached hydrogens (primary N) is 2. The minimum absolute atomic E-state index is 0.0338. The van der Waals surface area contributed by atoms with E-state index in [-0.39, 0.29) is 31.2 Å². The minimum atomic E-state index is -0.999. The first kappa shape index (κ1) is 27.6. The van der Waals surface area contributed by atoms with E-state index in [1.54, 1.807) is 12.1 Å². The molecular formula is C23H29N7O6. The number of nitro groups is 1. The number of carbonyl (C=O) groups is 3. The number of carbonyl (C=O) groups excluding carboxylic acids is 3. The zero-order valence-corrected chi connectivity index (χ0v) is 19.7. The number of non-ortho nitro benzene ring substituents is 1. The van der Waals surface area contributed by atoms with Crippen LogP contribution in [0, 0.1) is 10.1 Å². The lowest BCUT2D eigenvalue weighted by atomic mass is 10.1. The van der Waals surface area contributed by atoms with Crippen LogP contribution in [0.2, 0.25) is 0 Å². The lowest BCUT2D eigenvalue weighted by Crippen LogP contribution is -2.51. The Hall–Kier alpha value is -4.68. The van der Waals surface area contributed by atoms with Crippen molar-refractivity contribution >= 4 is 35.2 Å². The molecule has 0 fully saturated rings. The second kappa shape index (κ2) is 13.9. The van der Waals surface area contributed by atoms with Crippen LogP contribution in [0.15, 0.2) is 59.6 Å². The van der Waals surface area contributed by atoms with Gasteiger partial charge in [-0.05, 0) is 37.5 Å². The molecule has 7 N–H and O–H groups in total. The van der Waals surface area contributed by atoms with Crippen LogP contribution >= 0.6 is 0 Å². The van der Waals surface area contributed by atoms with Gasteiger partial charge in [-0.2, -0.15) is 0 Å². The van der Waals surface area contributed by atoms with Crippen molar-refractivity contribution in [3.63, 3.8) is 0 Å².